The third-order valence-electron chi connectivity index (χ3n) is 2.36. The molecule has 0 unspecified atom stereocenters. The van der Waals surface area contributed by atoms with E-state index in [1.165, 1.54) is 0 Å². The smallest absolute Gasteiger partial charge is 0.314 e. The number of nitrogens with zero attached hydrogens (tertiary/aromatic N) is 1. The van der Waals surface area contributed by atoms with E-state index in [-0.39, 0.29) is 6.54 Å². The van der Waals surface area contributed by atoms with E-state index >= 15 is 0 Å². The Hall–Kier alpha value is -0.290. The molecule has 0 amide bonds. The molecule has 0 spiro atoms. The second-order valence-electron chi connectivity index (χ2n) is 3.31. The minimum absolute atomic E-state index is 0.131. The molecular formula is C8H15F3N2. The standard InChI is InChI=1S/C8H15F3N2/c1-2-13(7-5-12-6-7)4-3-8(9,10)11/h7,12H,2-6H2,1H3. The molecule has 1 N–H and O–H groups in total. The van der Waals surface area contributed by atoms with Crippen molar-refractivity contribution in [2.24, 2.45) is 0 Å². The quantitative estimate of drug-likeness (QED) is 0.727. The molecule has 0 aromatic heterocycles. The molecule has 78 valence electrons. The van der Waals surface area contributed by atoms with Crippen molar-refractivity contribution in [3.63, 3.8) is 0 Å². The highest BCUT2D eigenvalue weighted by Gasteiger charge is 2.30. The highest BCUT2D eigenvalue weighted by Crippen LogP contribution is 2.20. The lowest BCUT2D eigenvalue weighted by Crippen LogP contribution is -2.57. The fourth-order valence-corrected chi connectivity index (χ4v) is 1.40. The van der Waals surface area contributed by atoms with E-state index in [1.807, 2.05) is 11.8 Å². The number of rotatable bonds is 4. The van der Waals surface area contributed by atoms with Crippen LogP contribution in [0.1, 0.15) is 13.3 Å². The lowest BCUT2D eigenvalue weighted by molar-refractivity contribution is -0.139. The Morgan fingerprint density at radius 2 is 2.00 bits per heavy atom. The molecule has 0 aromatic carbocycles. The number of likely N-dealkylation sites (N-methyl/N-ethyl adjacent to an activating group) is 1. The van der Waals surface area contributed by atoms with Crippen LogP contribution >= 0.6 is 0 Å². The first-order valence-corrected chi connectivity index (χ1v) is 4.54. The molecule has 1 saturated heterocycles. The van der Waals surface area contributed by atoms with Gasteiger partial charge >= 0.3 is 6.18 Å². The molecule has 0 atom stereocenters. The van der Waals surface area contributed by atoms with Crippen molar-refractivity contribution < 1.29 is 13.2 Å². The van der Waals surface area contributed by atoms with Crippen molar-refractivity contribution in [1.29, 1.82) is 0 Å². The van der Waals surface area contributed by atoms with Crippen molar-refractivity contribution >= 4 is 0 Å². The Morgan fingerprint density at radius 3 is 2.31 bits per heavy atom. The van der Waals surface area contributed by atoms with Gasteiger partial charge in [-0.1, -0.05) is 6.92 Å². The van der Waals surface area contributed by atoms with Crippen LogP contribution in [0.2, 0.25) is 0 Å². The molecule has 0 bridgehead atoms. The molecule has 1 aliphatic rings. The van der Waals surface area contributed by atoms with Crippen LogP contribution in [0, 0.1) is 0 Å². The predicted molar refractivity (Wildman–Crippen MR) is 44.6 cm³/mol. The summed E-state index contributed by atoms with van der Waals surface area (Å²) in [6, 6.07) is 0.312. The lowest BCUT2D eigenvalue weighted by Gasteiger charge is -2.37. The van der Waals surface area contributed by atoms with E-state index in [9.17, 15) is 13.2 Å². The van der Waals surface area contributed by atoms with E-state index in [2.05, 4.69) is 5.32 Å². The molecule has 13 heavy (non-hydrogen) atoms. The van der Waals surface area contributed by atoms with Gasteiger partial charge in [-0.25, -0.2) is 0 Å². The van der Waals surface area contributed by atoms with Crippen LogP contribution in [0.4, 0.5) is 13.2 Å². The van der Waals surface area contributed by atoms with Crippen LogP contribution in [0.25, 0.3) is 0 Å². The van der Waals surface area contributed by atoms with E-state index in [1.54, 1.807) is 0 Å². The van der Waals surface area contributed by atoms with Gasteiger partial charge in [0, 0.05) is 25.7 Å². The second kappa shape index (κ2) is 4.28. The van der Waals surface area contributed by atoms with Crippen LogP contribution in [-0.2, 0) is 0 Å². The minimum Gasteiger partial charge on any atom is -0.314 e. The molecule has 5 heteroatoms. The van der Waals surface area contributed by atoms with Gasteiger partial charge in [0.25, 0.3) is 0 Å². The molecule has 1 aliphatic heterocycles. The zero-order valence-corrected chi connectivity index (χ0v) is 7.69. The first-order valence-electron chi connectivity index (χ1n) is 4.54. The SMILES string of the molecule is CCN(CCC(F)(F)F)C1CNC1. The molecule has 1 fully saturated rings. The Bertz CT molecular complexity index is 154. The third kappa shape index (κ3) is 3.52. The summed E-state index contributed by atoms with van der Waals surface area (Å²) in [6.45, 7) is 4.38. The molecule has 0 saturated carbocycles. The van der Waals surface area contributed by atoms with Crippen LogP contribution in [-0.4, -0.2) is 43.3 Å². The molecule has 0 aliphatic carbocycles. The largest absolute Gasteiger partial charge is 0.390 e. The van der Waals surface area contributed by atoms with Crippen molar-refractivity contribution in [2.75, 3.05) is 26.2 Å². The Morgan fingerprint density at radius 1 is 1.38 bits per heavy atom. The maximum atomic E-state index is 11.9. The Labute approximate surface area is 76.1 Å². The zero-order valence-electron chi connectivity index (χ0n) is 7.69. The highest BCUT2D eigenvalue weighted by atomic mass is 19.4. The molecule has 0 aromatic rings. The third-order valence-corrected chi connectivity index (χ3v) is 2.36. The average Bonchev–Trinajstić information content (AvgIpc) is 1.91. The van der Waals surface area contributed by atoms with Crippen LogP contribution in [0.5, 0.6) is 0 Å². The number of alkyl halides is 3. The van der Waals surface area contributed by atoms with Gasteiger partial charge in [0.15, 0.2) is 0 Å². The maximum Gasteiger partial charge on any atom is 0.390 e. The zero-order chi connectivity index (χ0) is 9.90. The van der Waals surface area contributed by atoms with E-state index in [0.29, 0.717) is 12.6 Å². The van der Waals surface area contributed by atoms with Gasteiger partial charge in [-0.3, -0.25) is 4.90 Å². The Kier molecular flexibility index (Phi) is 3.55. The van der Waals surface area contributed by atoms with Gasteiger partial charge in [0.1, 0.15) is 0 Å². The Balaban J connectivity index is 2.23. The molecule has 2 nitrogen and oxygen atoms in total. The van der Waals surface area contributed by atoms with Gasteiger partial charge in [-0.15, -0.1) is 0 Å². The van der Waals surface area contributed by atoms with Crippen LogP contribution < -0.4 is 5.32 Å². The molecule has 0 radical (unpaired) electrons. The molecule has 1 heterocycles. The number of nitrogens with one attached hydrogen (secondary N) is 1. The minimum atomic E-state index is -4.02. The number of hydrogen-bond acceptors (Lipinski definition) is 2. The number of hydrogen-bond donors (Lipinski definition) is 1. The summed E-state index contributed by atoms with van der Waals surface area (Å²) in [5.74, 6) is 0. The van der Waals surface area contributed by atoms with Crippen LogP contribution in [0.15, 0.2) is 0 Å². The fourth-order valence-electron chi connectivity index (χ4n) is 1.40. The average molecular weight is 196 g/mol. The normalized spacial score (nSPS) is 19.2. The predicted octanol–water partition coefficient (Wildman–Crippen LogP) is 1.23. The van der Waals surface area contributed by atoms with Crippen molar-refractivity contribution in [1.82, 2.24) is 10.2 Å². The van der Waals surface area contributed by atoms with Gasteiger partial charge < -0.3 is 5.32 Å². The topological polar surface area (TPSA) is 15.3 Å². The van der Waals surface area contributed by atoms with E-state index in [4.69, 9.17) is 0 Å². The summed E-state index contributed by atoms with van der Waals surface area (Å²) in [6.07, 6.45) is -4.72. The van der Waals surface area contributed by atoms with Gasteiger partial charge in [-0.2, -0.15) is 13.2 Å². The van der Waals surface area contributed by atoms with Gasteiger partial charge in [0.2, 0.25) is 0 Å². The van der Waals surface area contributed by atoms with Crippen LogP contribution in [0.3, 0.4) is 0 Å². The molecule has 1 rings (SSSR count). The summed E-state index contributed by atoms with van der Waals surface area (Å²) in [4.78, 5) is 1.88. The number of halogens is 3. The summed E-state index contributed by atoms with van der Waals surface area (Å²) in [5, 5.41) is 3.05. The van der Waals surface area contributed by atoms with E-state index < -0.39 is 12.6 Å². The first-order chi connectivity index (χ1) is 6.03. The summed E-state index contributed by atoms with van der Waals surface area (Å²) < 4.78 is 35.7. The van der Waals surface area contributed by atoms with Crippen molar-refractivity contribution in [3.05, 3.63) is 0 Å². The monoisotopic (exact) mass is 196 g/mol. The highest BCUT2D eigenvalue weighted by molar-refractivity contribution is 4.84. The summed E-state index contributed by atoms with van der Waals surface area (Å²) >= 11 is 0. The van der Waals surface area contributed by atoms with E-state index in [0.717, 1.165) is 13.1 Å². The van der Waals surface area contributed by atoms with Crippen molar-refractivity contribution in [2.45, 2.75) is 25.6 Å². The summed E-state index contributed by atoms with van der Waals surface area (Å²) in [5.41, 5.74) is 0. The lowest BCUT2D eigenvalue weighted by atomic mass is 10.1. The fraction of sp³-hybridized carbons (Fsp3) is 1.00. The van der Waals surface area contributed by atoms with Crippen molar-refractivity contribution in [3.8, 4) is 0 Å². The maximum absolute atomic E-state index is 11.9. The second-order valence-corrected chi connectivity index (χ2v) is 3.31. The first kappa shape index (κ1) is 10.8. The summed E-state index contributed by atoms with van der Waals surface area (Å²) in [7, 11) is 0. The van der Waals surface area contributed by atoms with Gasteiger partial charge in [0.05, 0.1) is 6.42 Å². The van der Waals surface area contributed by atoms with Gasteiger partial charge in [-0.05, 0) is 6.54 Å². The molecular weight excluding hydrogens is 181 g/mol.